The Morgan fingerprint density at radius 3 is 2.87 bits per heavy atom. The number of rotatable bonds is 5. The molecule has 0 bridgehead atoms. The predicted octanol–water partition coefficient (Wildman–Crippen LogP) is 0.213. The quantitative estimate of drug-likeness (QED) is 0.509. The second-order valence-corrected chi connectivity index (χ2v) is 3.99. The van der Waals surface area contributed by atoms with Gasteiger partial charge in [0.25, 0.3) is 5.91 Å². The average molecular weight is 216 g/mol. The van der Waals surface area contributed by atoms with E-state index in [1.165, 1.54) is 0 Å². The van der Waals surface area contributed by atoms with Gasteiger partial charge in [0.2, 0.25) is 0 Å². The summed E-state index contributed by atoms with van der Waals surface area (Å²) in [4.78, 5) is 16.7. The molecule has 0 aromatic heterocycles. The molecule has 1 aliphatic rings. The highest BCUT2D eigenvalue weighted by Crippen LogP contribution is 2.18. The van der Waals surface area contributed by atoms with Gasteiger partial charge >= 0.3 is 0 Å². The lowest BCUT2D eigenvalue weighted by atomic mass is 9.90. The smallest absolute Gasteiger partial charge is 0.263 e. The zero-order chi connectivity index (χ0) is 11.1. The van der Waals surface area contributed by atoms with Crippen LogP contribution in [0.2, 0.25) is 0 Å². The maximum Gasteiger partial charge on any atom is 0.263 e. The second-order valence-electron chi connectivity index (χ2n) is 3.99. The Kier molecular flexibility index (Phi) is 5.01. The minimum atomic E-state index is -0.481. The van der Waals surface area contributed by atoms with Crippen LogP contribution in [0, 0.1) is 0 Å². The molecule has 1 fully saturated rings. The molecule has 1 rings (SSSR count). The topological polar surface area (TPSA) is 59.6 Å². The summed E-state index contributed by atoms with van der Waals surface area (Å²) < 4.78 is 4.80. The third kappa shape index (κ3) is 3.77. The number of amides is 1. The minimum absolute atomic E-state index is 0.0988. The first-order chi connectivity index (χ1) is 7.19. The molecule has 15 heavy (non-hydrogen) atoms. The van der Waals surface area contributed by atoms with Gasteiger partial charge in [-0.1, -0.05) is 0 Å². The first-order valence-corrected chi connectivity index (χ1v) is 5.35. The first-order valence-electron chi connectivity index (χ1n) is 5.35. The lowest BCUT2D eigenvalue weighted by molar-refractivity contribution is -0.141. The summed E-state index contributed by atoms with van der Waals surface area (Å²) in [5, 5.41) is 3.21. The normalized spacial score (nSPS) is 26.3. The van der Waals surface area contributed by atoms with Gasteiger partial charge in [0.1, 0.15) is 0 Å². The van der Waals surface area contributed by atoms with Crippen LogP contribution in [-0.4, -0.2) is 38.3 Å². The summed E-state index contributed by atoms with van der Waals surface area (Å²) in [6, 6.07) is 0. The molecule has 0 aromatic carbocycles. The minimum Gasteiger partial charge on any atom is -0.382 e. The molecule has 0 spiro atoms. The molecule has 1 amide bonds. The van der Waals surface area contributed by atoms with Gasteiger partial charge in [-0.2, -0.15) is 0 Å². The van der Waals surface area contributed by atoms with Crippen LogP contribution in [0.1, 0.15) is 26.2 Å². The lowest BCUT2D eigenvalue weighted by Gasteiger charge is -2.32. The zero-order valence-electron chi connectivity index (χ0n) is 9.47. The van der Waals surface area contributed by atoms with Gasteiger partial charge in [-0.15, -0.1) is 0 Å². The van der Waals surface area contributed by atoms with Crippen molar-refractivity contribution in [3.63, 3.8) is 0 Å². The molecular formula is C10H20N2O3. The third-order valence-electron chi connectivity index (χ3n) is 2.67. The van der Waals surface area contributed by atoms with Crippen molar-refractivity contribution in [2.75, 3.05) is 26.9 Å². The summed E-state index contributed by atoms with van der Waals surface area (Å²) in [5.74, 6) is -0.0988. The van der Waals surface area contributed by atoms with E-state index in [1.54, 1.807) is 7.11 Å². The Hall–Kier alpha value is -0.650. The van der Waals surface area contributed by atoms with Crippen molar-refractivity contribution in [1.29, 1.82) is 0 Å². The largest absolute Gasteiger partial charge is 0.382 e. The van der Waals surface area contributed by atoms with Gasteiger partial charge in [-0.25, -0.2) is 5.48 Å². The van der Waals surface area contributed by atoms with E-state index in [1.807, 2.05) is 6.92 Å². The van der Waals surface area contributed by atoms with Crippen LogP contribution in [-0.2, 0) is 14.4 Å². The number of nitrogens with one attached hydrogen (secondary N) is 2. The second kappa shape index (κ2) is 6.05. The molecule has 5 heteroatoms. The molecule has 88 valence electrons. The maximum absolute atomic E-state index is 11.7. The van der Waals surface area contributed by atoms with Crippen molar-refractivity contribution in [1.82, 2.24) is 10.8 Å². The molecule has 0 aliphatic carbocycles. The van der Waals surface area contributed by atoms with Crippen LogP contribution in [0.3, 0.4) is 0 Å². The van der Waals surface area contributed by atoms with E-state index in [9.17, 15) is 4.79 Å². The Bertz CT molecular complexity index is 203. The van der Waals surface area contributed by atoms with Crippen molar-refractivity contribution in [2.45, 2.75) is 31.7 Å². The Morgan fingerprint density at radius 2 is 2.27 bits per heavy atom. The van der Waals surface area contributed by atoms with E-state index in [0.29, 0.717) is 13.2 Å². The van der Waals surface area contributed by atoms with Gasteiger partial charge in [-0.05, 0) is 32.7 Å². The fourth-order valence-corrected chi connectivity index (χ4v) is 1.60. The van der Waals surface area contributed by atoms with Gasteiger partial charge < -0.3 is 10.1 Å². The van der Waals surface area contributed by atoms with Crippen molar-refractivity contribution < 1.29 is 14.4 Å². The van der Waals surface area contributed by atoms with E-state index >= 15 is 0 Å². The molecule has 1 saturated heterocycles. The molecule has 0 saturated carbocycles. The van der Waals surface area contributed by atoms with E-state index in [2.05, 4.69) is 10.8 Å². The SMILES string of the molecule is COCCONC(=O)C1(C)CCCCN1. The van der Waals surface area contributed by atoms with Gasteiger partial charge in [0.05, 0.1) is 18.8 Å². The van der Waals surface area contributed by atoms with E-state index in [0.717, 1.165) is 25.8 Å². The highest BCUT2D eigenvalue weighted by atomic mass is 16.7. The first kappa shape index (κ1) is 12.4. The zero-order valence-corrected chi connectivity index (χ0v) is 9.47. The molecule has 1 heterocycles. The van der Waals surface area contributed by atoms with Gasteiger partial charge in [0.15, 0.2) is 0 Å². The fraction of sp³-hybridized carbons (Fsp3) is 0.900. The van der Waals surface area contributed by atoms with Gasteiger partial charge in [0, 0.05) is 7.11 Å². The van der Waals surface area contributed by atoms with Crippen LogP contribution in [0.25, 0.3) is 0 Å². The number of hydrogen-bond donors (Lipinski definition) is 2. The maximum atomic E-state index is 11.7. The number of hydrogen-bond acceptors (Lipinski definition) is 4. The highest BCUT2D eigenvalue weighted by molar-refractivity contribution is 5.85. The van der Waals surface area contributed by atoms with Crippen molar-refractivity contribution >= 4 is 5.91 Å². The Morgan fingerprint density at radius 1 is 1.47 bits per heavy atom. The van der Waals surface area contributed by atoms with E-state index in [-0.39, 0.29) is 5.91 Å². The lowest BCUT2D eigenvalue weighted by Crippen LogP contribution is -2.56. The van der Waals surface area contributed by atoms with Crippen molar-refractivity contribution in [3.8, 4) is 0 Å². The van der Waals surface area contributed by atoms with Crippen LogP contribution in [0.4, 0.5) is 0 Å². The standard InChI is InChI=1S/C10H20N2O3/c1-10(5-3-4-6-11-10)9(13)12-15-8-7-14-2/h11H,3-8H2,1-2H3,(H,12,13). The van der Waals surface area contributed by atoms with Gasteiger partial charge in [-0.3, -0.25) is 9.63 Å². The summed E-state index contributed by atoms with van der Waals surface area (Å²) in [5.41, 5.74) is 1.97. The van der Waals surface area contributed by atoms with E-state index < -0.39 is 5.54 Å². The number of hydroxylamine groups is 1. The number of carbonyl (C=O) groups excluding carboxylic acids is 1. The summed E-state index contributed by atoms with van der Waals surface area (Å²) in [6.45, 7) is 3.64. The monoisotopic (exact) mass is 216 g/mol. The molecule has 1 aliphatic heterocycles. The van der Waals surface area contributed by atoms with Crippen molar-refractivity contribution in [2.24, 2.45) is 0 Å². The average Bonchev–Trinajstić information content (AvgIpc) is 2.25. The fourth-order valence-electron chi connectivity index (χ4n) is 1.60. The number of carbonyl (C=O) groups is 1. The predicted molar refractivity (Wildman–Crippen MR) is 56.2 cm³/mol. The number of ether oxygens (including phenoxy) is 1. The number of piperidine rings is 1. The molecule has 0 radical (unpaired) electrons. The van der Waals surface area contributed by atoms with Crippen molar-refractivity contribution in [3.05, 3.63) is 0 Å². The van der Waals surface area contributed by atoms with E-state index in [4.69, 9.17) is 9.57 Å². The van der Waals surface area contributed by atoms with Crippen LogP contribution in [0.15, 0.2) is 0 Å². The molecular weight excluding hydrogens is 196 g/mol. The number of methoxy groups -OCH3 is 1. The third-order valence-corrected chi connectivity index (χ3v) is 2.67. The summed E-state index contributed by atoms with van der Waals surface area (Å²) in [6.07, 6.45) is 3.06. The molecule has 1 atom stereocenters. The summed E-state index contributed by atoms with van der Waals surface area (Å²) in [7, 11) is 1.59. The van der Waals surface area contributed by atoms with Crippen LogP contribution in [0.5, 0.6) is 0 Å². The molecule has 2 N–H and O–H groups in total. The van der Waals surface area contributed by atoms with Crippen LogP contribution < -0.4 is 10.8 Å². The van der Waals surface area contributed by atoms with Crippen LogP contribution >= 0.6 is 0 Å². The highest BCUT2D eigenvalue weighted by Gasteiger charge is 2.34. The Balaban J connectivity index is 2.25. The molecule has 5 nitrogen and oxygen atoms in total. The summed E-state index contributed by atoms with van der Waals surface area (Å²) >= 11 is 0. The Labute approximate surface area is 90.5 Å². The molecule has 0 aromatic rings. The molecule has 1 unspecified atom stereocenters.